The second-order valence-electron chi connectivity index (χ2n) is 2.52. The lowest BCUT2D eigenvalue weighted by Gasteiger charge is -2.39. The lowest BCUT2D eigenvalue weighted by atomic mass is 10.1. The summed E-state index contributed by atoms with van der Waals surface area (Å²) in [5.74, 6) is 0. The second-order valence-corrected chi connectivity index (χ2v) is 2.52. The van der Waals surface area contributed by atoms with Gasteiger partial charge >= 0.3 is 0 Å². The molecule has 3 heterocycles. The Morgan fingerprint density at radius 2 is 2.00 bits per heavy atom. The molecule has 0 unspecified atom stereocenters. The SMILES string of the molecule is C1CN2CCC1NN2. The Morgan fingerprint density at radius 3 is 2.12 bits per heavy atom. The number of hydrazine groups is 2. The molecule has 3 aliphatic heterocycles. The largest absolute Gasteiger partial charge is 0.241 e. The molecular weight excluding hydrogens is 102 g/mol. The van der Waals surface area contributed by atoms with Gasteiger partial charge in [-0.3, -0.25) is 0 Å². The highest BCUT2D eigenvalue weighted by Gasteiger charge is 2.23. The summed E-state index contributed by atoms with van der Waals surface area (Å²) in [6, 6.07) is 0.750. The van der Waals surface area contributed by atoms with Crippen LogP contribution >= 0.6 is 0 Å². The van der Waals surface area contributed by atoms with E-state index in [4.69, 9.17) is 0 Å². The molecule has 3 fully saturated rings. The molecule has 0 amide bonds. The Balaban J connectivity index is 2.03. The fraction of sp³-hybridized carbons (Fsp3) is 1.00. The Kier molecular flexibility index (Phi) is 0.997. The van der Waals surface area contributed by atoms with Crippen molar-refractivity contribution in [3.05, 3.63) is 0 Å². The number of nitrogens with zero attached hydrogens (tertiary/aromatic N) is 1. The van der Waals surface area contributed by atoms with Gasteiger partial charge in [0.15, 0.2) is 0 Å². The van der Waals surface area contributed by atoms with E-state index >= 15 is 0 Å². The predicted molar refractivity (Wildman–Crippen MR) is 30.9 cm³/mol. The minimum atomic E-state index is 0.750. The van der Waals surface area contributed by atoms with E-state index in [1.807, 2.05) is 0 Å². The van der Waals surface area contributed by atoms with Gasteiger partial charge in [0.2, 0.25) is 0 Å². The second kappa shape index (κ2) is 1.69. The molecule has 0 aromatic rings. The van der Waals surface area contributed by atoms with Crippen LogP contribution in [0, 0.1) is 0 Å². The van der Waals surface area contributed by atoms with Crippen LogP contribution in [-0.4, -0.2) is 24.1 Å². The van der Waals surface area contributed by atoms with Gasteiger partial charge in [-0.15, -0.1) is 0 Å². The van der Waals surface area contributed by atoms with Gasteiger partial charge in [-0.05, 0) is 12.8 Å². The average Bonchev–Trinajstić information content (AvgIpc) is 1.92. The summed E-state index contributed by atoms with van der Waals surface area (Å²) < 4.78 is 0. The number of fused-ring (bicyclic) bond motifs is 3. The van der Waals surface area contributed by atoms with E-state index < -0.39 is 0 Å². The fourth-order valence-corrected chi connectivity index (χ4v) is 1.32. The zero-order valence-electron chi connectivity index (χ0n) is 4.85. The van der Waals surface area contributed by atoms with Gasteiger partial charge in [-0.25, -0.2) is 10.4 Å². The number of nitrogens with one attached hydrogen (secondary N) is 2. The van der Waals surface area contributed by atoms with E-state index in [2.05, 4.69) is 16.0 Å². The van der Waals surface area contributed by atoms with Crippen molar-refractivity contribution < 1.29 is 0 Å². The van der Waals surface area contributed by atoms with Crippen molar-refractivity contribution in [2.24, 2.45) is 0 Å². The maximum atomic E-state index is 3.19. The van der Waals surface area contributed by atoms with Crippen molar-refractivity contribution in [2.75, 3.05) is 13.1 Å². The smallest absolute Gasteiger partial charge is 0.0251 e. The van der Waals surface area contributed by atoms with Crippen LogP contribution in [0.4, 0.5) is 0 Å². The standard InChI is InChI=1S/C5H11N3/c1-3-8-4-2-5(1)6-7-8/h5-7H,1-4H2. The molecule has 3 heteroatoms. The molecule has 0 aliphatic carbocycles. The average molecular weight is 113 g/mol. The first kappa shape index (κ1) is 4.73. The minimum absolute atomic E-state index is 0.750. The number of rotatable bonds is 0. The normalized spacial score (nSPS) is 45.0. The van der Waals surface area contributed by atoms with Gasteiger partial charge in [-0.2, -0.15) is 5.53 Å². The molecule has 0 atom stereocenters. The zero-order valence-corrected chi connectivity index (χ0v) is 4.85. The van der Waals surface area contributed by atoms with Crippen molar-refractivity contribution in [1.82, 2.24) is 16.0 Å². The van der Waals surface area contributed by atoms with Gasteiger partial charge in [0.05, 0.1) is 0 Å². The molecule has 0 aromatic heterocycles. The topological polar surface area (TPSA) is 27.3 Å². The highest BCUT2D eigenvalue weighted by Crippen LogP contribution is 2.10. The van der Waals surface area contributed by atoms with E-state index in [-0.39, 0.29) is 0 Å². The Bertz CT molecular complexity index is 62.7. The molecule has 8 heavy (non-hydrogen) atoms. The van der Waals surface area contributed by atoms with E-state index in [1.54, 1.807) is 0 Å². The molecule has 0 aromatic carbocycles. The van der Waals surface area contributed by atoms with Crippen molar-refractivity contribution in [3.63, 3.8) is 0 Å². The third kappa shape index (κ3) is 0.632. The molecule has 0 spiro atoms. The third-order valence-corrected chi connectivity index (χ3v) is 1.92. The highest BCUT2D eigenvalue weighted by molar-refractivity contribution is 4.77. The summed E-state index contributed by atoms with van der Waals surface area (Å²) in [7, 11) is 0. The number of hydrogen-bond acceptors (Lipinski definition) is 3. The molecule has 2 N–H and O–H groups in total. The van der Waals surface area contributed by atoms with Crippen LogP contribution in [-0.2, 0) is 0 Å². The summed E-state index contributed by atoms with van der Waals surface area (Å²) in [5, 5.41) is 2.22. The van der Waals surface area contributed by atoms with Gasteiger partial charge in [-0.1, -0.05) is 0 Å². The minimum Gasteiger partial charge on any atom is -0.241 e. The first-order chi connectivity index (χ1) is 3.95. The summed E-state index contributed by atoms with van der Waals surface area (Å²) in [4.78, 5) is 0. The van der Waals surface area contributed by atoms with Crippen LogP contribution in [0.15, 0.2) is 0 Å². The predicted octanol–water partition coefficient (Wildman–Crippen LogP) is -0.526. The van der Waals surface area contributed by atoms with Crippen LogP contribution in [0.2, 0.25) is 0 Å². The maximum absolute atomic E-state index is 3.19. The lowest BCUT2D eigenvalue weighted by molar-refractivity contribution is 0.0342. The van der Waals surface area contributed by atoms with Crippen LogP contribution in [0.3, 0.4) is 0 Å². The van der Waals surface area contributed by atoms with Crippen LogP contribution < -0.4 is 11.0 Å². The molecule has 3 rings (SSSR count). The van der Waals surface area contributed by atoms with E-state index in [9.17, 15) is 0 Å². The maximum Gasteiger partial charge on any atom is 0.0251 e. The summed E-state index contributed by atoms with van der Waals surface area (Å²) in [6.45, 7) is 2.44. The van der Waals surface area contributed by atoms with E-state index in [0.29, 0.717) is 0 Å². The van der Waals surface area contributed by atoms with Gasteiger partial charge in [0, 0.05) is 19.1 Å². The van der Waals surface area contributed by atoms with Crippen molar-refractivity contribution in [1.29, 1.82) is 0 Å². The van der Waals surface area contributed by atoms with Crippen molar-refractivity contribution >= 4 is 0 Å². The molecule has 2 bridgehead atoms. The molecule has 46 valence electrons. The molecule has 3 saturated heterocycles. The quantitative estimate of drug-likeness (QED) is 0.442. The first-order valence-electron chi connectivity index (χ1n) is 3.21. The third-order valence-electron chi connectivity index (χ3n) is 1.92. The van der Waals surface area contributed by atoms with Crippen molar-refractivity contribution in [3.8, 4) is 0 Å². The van der Waals surface area contributed by atoms with Gasteiger partial charge in [0.1, 0.15) is 0 Å². The molecular formula is C5H11N3. The monoisotopic (exact) mass is 113 g/mol. The zero-order chi connectivity index (χ0) is 5.40. The number of hydrogen-bond donors (Lipinski definition) is 2. The van der Waals surface area contributed by atoms with Gasteiger partial charge < -0.3 is 0 Å². The van der Waals surface area contributed by atoms with Crippen molar-refractivity contribution in [2.45, 2.75) is 18.9 Å². The van der Waals surface area contributed by atoms with Crippen LogP contribution in [0.5, 0.6) is 0 Å². The van der Waals surface area contributed by atoms with Gasteiger partial charge in [0.25, 0.3) is 0 Å². The lowest BCUT2D eigenvalue weighted by Crippen LogP contribution is -2.62. The Labute approximate surface area is 49.0 Å². The van der Waals surface area contributed by atoms with Crippen LogP contribution in [0.1, 0.15) is 12.8 Å². The summed E-state index contributed by atoms with van der Waals surface area (Å²) in [5.41, 5.74) is 6.30. The fourth-order valence-electron chi connectivity index (χ4n) is 1.32. The Hall–Kier alpha value is -0.120. The molecule has 0 saturated carbocycles. The molecule has 3 aliphatic rings. The highest BCUT2D eigenvalue weighted by atomic mass is 15.7. The van der Waals surface area contributed by atoms with E-state index in [0.717, 1.165) is 6.04 Å². The van der Waals surface area contributed by atoms with Crippen LogP contribution in [0.25, 0.3) is 0 Å². The first-order valence-corrected chi connectivity index (χ1v) is 3.21. The summed E-state index contributed by atoms with van der Waals surface area (Å²) >= 11 is 0. The summed E-state index contributed by atoms with van der Waals surface area (Å²) in [6.07, 6.45) is 2.62. The van der Waals surface area contributed by atoms with E-state index in [1.165, 1.54) is 25.9 Å². The number of piperidine rings is 1. The molecule has 3 nitrogen and oxygen atoms in total. The Morgan fingerprint density at radius 1 is 1.25 bits per heavy atom. The molecule has 0 radical (unpaired) electrons.